The third-order valence-electron chi connectivity index (χ3n) is 3.38. The van der Waals surface area contributed by atoms with Crippen LogP contribution in [0, 0.1) is 0 Å². The van der Waals surface area contributed by atoms with Gasteiger partial charge in [-0.3, -0.25) is 9.09 Å². The van der Waals surface area contributed by atoms with Gasteiger partial charge in [-0.15, -0.1) is 23.2 Å². The lowest BCUT2D eigenvalue weighted by atomic mass is 10.1. The number of hydrogen-bond acceptors (Lipinski definition) is 5. The number of rotatable bonds is 7. The van der Waals surface area contributed by atoms with E-state index in [1.807, 2.05) is 0 Å². The first-order valence-corrected chi connectivity index (χ1v) is 8.97. The van der Waals surface area contributed by atoms with E-state index in [4.69, 9.17) is 37.2 Å². The molecule has 0 radical (unpaired) electrons. The van der Waals surface area contributed by atoms with Crippen molar-refractivity contribution in [2.24, 2.45) is 0 Å². The Labute approximate surface area is 128 Å². The number of fused-ring (bicyclic) bond motifs is 1. The van der Waals surface area contributed by atoms with E-state index in [1.54, 1.807) is 4.67 Å². The Hall–Kier alpha value is 0.570. The van der Waals surface area contributed by atoms with Gasteiger partial charge in [-0.1, -0.05) is 0 Å². The van der Waals surface area contributed by atoms with E-state index in [-0.39, 0.29) is 12.6 Å². The van der Waals surface area contributed by atoms with Gasteiger partial charge in [0.2, 0.25) is 0 Å². The van der Waals surface area contributed by atoms with Gasteiger partial charge < -0.3 is 14.6 Å². The SMILES string of the molecule is CO[C@@H]1O[C@H](CO)[C@@H]2N[P@@](=O)(N(CCCl)CCCl)O[C@H]12. The number of aliphatic hydroxyl groups is 1. The van der Waals surface area contributed by atoms with Crippen LogP contribution in [-0.4, -0.2) is 72.9 Å². The summed E-state index contributed by atoms with van der Waals surface area (Å²) in [4.78, 5) is 0. The Kier molecular flexibility index (Phi) is 6.11. The van der Waals surface area contributed by atoms with E-state index in [9.17, 15) is 9.67 Å². The molecule has 0 aliphatic carbocycles. The summed E-state index contributed by atoms with van der Waals surface area (Å²) in [5.41, 5.74) is 0. The van der Waals surface area contributed by atoms with E-state index < -0.39 is 26.2 Å². The number of nitrogens with one attached hydrogen (secondary N) is 1. The third kappa shape index (κ3) is 3.16. The van der Waals surface area contributed by atoms with Gasteiger partial charge in [0.1, 0.15) is 12.2 Å². The highest BCUT2D eigenvalue weighted by molar-refractivity contribution is 7.54. The average Bonchev–Trinajstić information content (AvgIpc) is 2.93. The summed E-state index contributed by atoms with van der Waals surface area (Å²) in [7, 11) is -1.77. The first-order chi connectivity index (χ1) is 9.59. The van der Waals surface area contributed by atoms with E-state index in [2.05, 4.69) is 5.09 Å². The molecule has 2 rings (SSSR count). The smallest absolute Gasteiger partial charge is 0.344 e. The van der Waals surface area contributed by atoms with Crippen molar-refractivity contribution in [1.82, 2.24) is 9.76 Å². The predicted octanol–water partition coefficient (Wildman–Crippen LogP) is 0.595. The Balaban J connectivity index is 2.14. The minimum Gasteiger partial charge on any atom is -0.394 e. The van der Waals surface area contributed by atoms with Crippen molar-refractivity contribution < 1.29 is 23.7 Å². The van der Waals surface area contributed by atoms with Crippen LogP contribution in [0.15, 0.2) is 0 Å². The van der Waals surface area contributed by atoms with E-state index in [1.165, 1.54) is 7.11 Å². The second-order valence-electron chi connectivity index (χ2n) is 4.54. The Morgan fingerprint density at radius 2 is 2.05 bits per heavy atom. The van der Waals surface area contributed by atoms with Crippen molar-refractivity contribution in [2.75, 3.05) is 38.6 Å². The molecule has 118 valence electrons. The quantitative estimate of drug-likeness (QED) is 0.515. The fraction of sp³-hybridized carbons (Fsp3) is 1.00. The molecule has 0 aromatic carbocycles. The molecular formula is C10H19Cl2N2O5P. The second kappa shape index (κ2) is 7.22. The summed E-state index contributed by atoms with van der Waals surface area (Å²) >= 11 is 11.5. The van der Waals surface area contributed by atoms with Crippen LogP contribution >= 0.6 is 30.9 Å². The molecule has 2 aliphatic heterocycles. The molecule has 0 saturated carbocycles. The van der Waals surface area contributed by atoms with Crippen LogP contribution in [0.4, 0.5) is 0 Å². The van der Waals surface area contributed by atoms with Gasteiger partial charge in [-0.25, -0.2) is 9.76 Å². The number of hydrogen-bond donors (Lipinski definition) is 2. The van der Waals surface area contributed by atoms with Crippen LogP contribution in [0.5, 0.6) is 0 Å². The molecule has 5 atom stereocenters. The molecule has 0 aromatic rings. The van der Waals surface area contributed by atoms with E-state index in [0.29, 0.717) is 24.8 Å². The van der Waals surface area contributed by atoms with Crippen LogP contribution in [0.2, 0.25) is 0 Å². The normalized spacial score (nSPS) is 40.5. The zero-order chi connectivity index (χ0) is 14.8. The molecule has 0 amide bonds. The standard InChI is InChI=1S/C10H19Cl2N2O5P/c1-17-10-9-8(7(6-15)18-10)13-20(16,19-9)14(4-2-11)5-3-12/h7-10,15H,2-6H2,1H3,(H,13,16)/t7-,8+,9+,10-,20+/m1/s1. The lowest BCUT2D eigenvalue weighted by Gasteiger charge is -2.28. The van der Waals surface area contributed by atoms with Crippen molar-refractivity contribution >= 4 is 30.9 Å². The van der Waals surface area contributed by atoms with Gasteiger partial charge >= 0.3 is 7.67 Å². The number of alkyl halides is 2. The molecule has 2 N–H and O–H groups in total. The molecule has 7 nitrogen and oxygen atoms in total. The highest BCUT2D eigenvalue weighted by atomic mass is 35.5. The van der Waals surface area contributed by atoms with Gasteiger partial charge in [0.25, 0.3) is 0 Å². The summed E-state index contributed by atoms with van der Waals surface area (Å²) in [6, 6.07) is -0.385. The van der Waals surface area contributed by atoms with Gasteiger partial charge in [-0.05, 0) is 0 Å². The molecule has 0 aromatic heterocycles. The summed E-state index contributed by atoms with van der Waals surface area (Å²) < 4.78 is 30.8. The molecule has 20 heavy (non-hydrogen) atoms. The lowest BCUT2D eigenvalue weighted by Crippen LogP contribution is -2.39. The van der Waals surface area contributed by atoms with Gasteiger partial charge in [0, 0.05) is 32.0 Å². The van der Waals surface area contributed by atoms with Crippen molar-refractivity contribution in [2.45, 2.75) is 24.5 Å². The maximum Gasteiger partial charge on any atom is 0.344 e. The number of ether oxygens (including phenoxy) is 2. The van der Waals surface area contributed by atoms with Crippen molar-refractivity contribution in [3.8, 4) is 0 Å². The fourth-order valence-corrected chi connectivity index (χ4v) is 5.41. The minimum atomic E-state index is -3.25. The monoisotopic (exact) mass is 348 g/mol. The number of halogens is 2. The van der Waals surface area contributed by atoms with Crippen molar-refractivity contribution in [3.63, 3.8) is 0 Å². The van der Waals surface area contributed by atoms with Crippen LogP contribution in [0.3, 0.4) is 0 Å². The Bertz CT molecular complexity index is 350. The van der Waals surface area contributed by atoms with Crippen molar-refractivity contribution in [3.05, 3.63) is 0 Å². The maximum absolute atomic E-state index is 12.9. The number of nitrogens with zero attached hydrogens (tertiary/aromatic N) is 1. The van der Waals surface area contributed by atoms with Gasteiger partial charge in [0.05, 0.1) is 12.6 Å². The minimum absolute atomic E-state index is 0.206. The van der Waals surface area contributed by atoms with Crippen LogP contribution in [0.25, 0.3) is 0 Å². The highest BCUT2D eigenvalue weighted by Crippen LogP contribution is 2.56. The average molecular weight is 349 g/mol. The first kappa shape index (κ1) is 16.9. The largest absolute Gasteiger partial charge is 0.394 e. The van der Waals surface area contributed by atoms with Crippen LogP contribution < -0.4 is 5.09 Å². The lowest BCUT2D eigenvalue weighted by molar-refractivity contribution is -0.149. The Morgan fingerprint density at radius 1 is 1.40 bits per heavy atom. The van der Waals surface area contributed by atoms with E-state index in [0.717, 1.165) is 0 Å². The molecule has 2 fully saturated rings. The molecule has 10 heteroatoms. The Morgan fingerprint density at radius 3 is 2.55 bits per heavy atom. The zero-order valence-electron chi connectivity index (χ0n) is 11.1. The zero-order valence-corrected chi connectivity index (χ0v) is 13.5. The van der Waals surface area contributed by atoms with Gasteiger partial charge in [0.15, 0.2) is 6.29 Å². The molecule has 2 saturated heterocycles. The molecule has 0 unspecified atom stereocenters. The molecule has 0 bridgehead atoms. The second-order valence-corrected chi connectivity index (χ2v) is 7.37. The number of aliphatic hydroxyl groups excluding tert-OH is 1. The fourth-order valence-electron chi connectivity index (χ4n) is 2.44. The molecular weight excluding hydrogens is 330 g/mol. The third-order valence-corrected chi connectivity index (χ3v) is 6.01. The summed E-state index contributed by atoms with van der Waals surface area (Å²) in [6.45, 7) is 0.572. The molecule has 2 aliphatic rings. The van der Waals surface area contributed by atoms with Crippen LogP contribution in [-0.2, 0) is 18.6 Å². The topological polar surface area (TPSA) is 80.3 Å². The van der Waals surface area contributed by atoms with Gasteiger partial charge in [-0.2, -0.15) is 0 Å². The number of methoxy groups -OCH3 is 1. The highest BCUT2D eigenvalue weighted by Gasteiger charge is 2.57. The summed E-state index contributed by atoms with van der Waals surface area (Å²) in [6.07, 6.45) is -1.71. The van der Waals surface area contributed by atoms with Crippen LogP contribution in [0.1, 0.15) is 0 Å². The molecule has 2 heterocycles. The summed E-state index contributed by atoms with van der Waals surface area (Å²) in [5, 5.41) is 12.3. The van der Waals surface area contributed by atoms with E-state index >= 15 is 0 Å². The predicted molar refractivity (Wildman–Crippen MR) is 75.2 cm³/mol. The maximum atomic E-state index is 12.9. The first-order valence-electron chi connectivity index (χ1n) is 6.32. The van der Waals surface area contributed by atoms with Crippen molar-refractivity contribution in [1.29, 1.82) is 0 Å². The summed E-state index contributed by atoms with van der Waals surface area (Å²) in [5.74, 6) is 0.629. The molecule has 0 spiro atoms.